The van der Waals surface area contributed by atoms with Crippen molar-refractivity contribution >= 4 is 28.1 Å². The maximum Gasteiger partial charge on any atom is 0.287 e. The Hall–Kier alpha value is -0.920. The zero-order valence-electron chi connectivity index (χ0n) is 11.9. The minimum Gasteiger partial charge on any atom is -0.383 e. The van der Waals surface area contributed by atoms with Crippen molar-refractivity contribution in [3.05, 3.63) is 21.6 Å². The maximum absolute atomic E-state index is 12.0. The summed E-state index contributed by atoms with van der Waals surface area (Å²) in [6.45, 7) is 2.70. The van der Waals surface area contributed by atoms with Crippen LogP contribution in [0.25, 0.3) is 0 Å². The third kappa shape index (κ3) is 5.22. The number of anilines is 1. The van der Waals surface area contributed by atoms with Crippen LogP contribution < -0.4 is 10.9 Å². The standard InChI is InChI=1S/C12H20ClN3O3S/c1-9(4-7-20(3)18)15-10-8-14-16(5-6-19-2)12(17)11(10)13/h8-9,15H,4-7H2,1-3H3. The third-order valence-corrected chi connectivity index (χ3v) is 3.91. The molecule has 0 aromatic carbocycles. The van der Waals surface area contributed by atoms with Crippen LogP contribution in [-0.2, 0) is 22.1 Å². The van der Waals surface area contributed by atoms with E-state index in [-0.39, 0.29) is 16.6 Å². The van der Waals surface area contributed by atoms with Gasteiger partial charge >= 0.3 is 0 Å². The molecule has 6 nitrogen and oxygen atoms in total. The van der Waals surface area contributed by atoms with E-state index in [0.29, 0.717) is 24.6 Å². The van der Waals surface area contributed by atoms with E-state index < -0.39 is 10.8 Å². The summed E-state index contributed by atoms with van der Waals surface area (Å²) in [6, 6.07) is 0.0624. The monoisotopic (exact) mass is 321 g/mol. The van der Waals surface area contributed by atoms with Crippen LogP contribution in [0.15, 0.2) is 11.0 Å². The number of hydrogen-bond donors (Lipinski definition) is 1. The number of halogens is 1. The molecule has 0 aliphatic carbocycles. The fourth-order valence-electron chi connectivity index (χ4n) is 1.58. The van der Waals surface area contributed by atoms with Gasteiger partial charge in [-0.05, 0) is 13.3 Å². The van der Waals surface area contributed by atoms with Crippen LogP contribution in [0.5, 0.6) is 0 Å². The molecule has 0 saturated heterocycles. The van der Waals surface area contributed by atoms with Gasteiger partial charge in [0.15, 0.2) is 0 Å². The first-order valence-corrected chi connectivity index (χ1v) is 8.37. The molecule has 0 aliphatic rings. The number of rotatable bonds is 8. The molecule has 0 spiro atoms. The van der Waals surface area contributed by atoms with Crippen molar-refractivity contribution in [3.63, 3.8) is 0 Å². The lowest BCUT2D eigenvalue weighted by molar-refractivity contribution is 0.182. The Morgan fingerprint density at radius 3 is 2.90 bits per heavy atom. The molecular weight excluding hydrogens is 302 g/mol. The van der Waals surface area contributed by atoms with E-state index in [0.717, 1.165) is 6.42 Å². The quantitative estimate of drug-likeness (QED) is 0.776. The van der Waals surface area contributed by atoms with E-state index in [1.165, 1.54) is 10.9 Å². The highest BCUT2D eigenvalue weighted by Crippen LogP contribution is 2.17. The molecule has 114 valence electrons. The number of hydrogen-bond acceptors (Lipinski definition) is 5. The van der Waals surface area contributed by atoms with Gasteiger partial charge < -0.3 is 10.1 Å². The van der Waals surface area contributed by atoms with Gasteiger partial charge in [-0.2, -0.15) is 5.10 Å². The second-order valence-corrected chi connectivity index (χ2v) is 6.44. The summed E-state index contributed by atoms with van der Waals surface area (Å²) in [7, 11) is 0.728. The summed E-state index contributed by atoms with van der Waals surface area (Å²) in [5.41, 5.74) is 0.153. The van der Waals surface area contributed by atoms with Crippen molar-refractivity contribution in [3.8, 4) is 0 Å². The van der Waals surface area contributed by atoms with E-state index in [2.05, 4.69) is 10.4 Å². The zero-order chi connectivity index (χ0) is 15.1. The first-order valence-electron chi connectivity index (χ1n) is 6.26. The largest absolute Gasteiger partial charge is 0.383 e. The van der Waals surface area contributed by atoms with Gasteiger partial charge in [-0.1, -0.05) is 11.6 Å². The Kier molecular flexibility index (Phi) is 7.18. The first kappa shape index (κ1) is 17.1. The van der Waals surface area contributed by atoms with Crippen LogP contribution in [-0.4, -0.2) is 45.8 Å². The van der Waals surface area contributed by atoms with Crippen LogP contribution in [0, 0.1) is 0 Å². The summed E-state index contributed by atoms with van der Waals surface area (Å²) in [6.07, 6.45) is 3.92. The molecule has 8 heteroatoms. The Labute approximate surface area is 125 Å². The number of nitrogens with one attached hydrogen (secondary N) is 1. The van der Waals surface area contributed by atoms with Crippen LogP contribution >= 0.6 is 11.6 Å². The molecule has 1 rings (SSSR count). The van der Waals surface area contributed by atoms with Gasteiger partial charge in [0.05, 0.1) is 25.0 Å². The maximum atomic E-state index is 12.0. The van der Waals surface area contributed by atoms with Gasteiger partial charge in [0, 0.05) is 36.0 Å². The number of ether oxygens (including phenoxy) is 1. The molecule has 2 unspecified atom stereocenters. The Bertz CT molecular complexity index is 521. The number of methoxy groups -OCH3 is 1. The lowest BCUT2D eigenvalue weighted by atomic mass is 10.2. The molecule has 1 heterocycles. The van der Waals surface area contributed by atoms with E-state index >= 15 is 0 Å². The molecule has 0 aliphatic heterocycles. The van der Waals surface area contributed by atoms with E-state index in [4.69, 9.17) is 16.3 Å². The average molecular weight is 322 g/mol. The molecule has 2 atom stereocenters. The van der Waals surface area contributed by atoms with E-state index in [9.17, 15) is 9.00 Å². The second kappa shape index (κ2) is 8.39. The fraction of sp³-hybridized carbons (Fsp3) is 0.667. The molecule has 0 fully saturated rings. The Morgan fingerprint density at radius 1 is 1.60 bits per heavy atom. The van der Waals surface area contributed by atoms with Crippen LogP contribution in [0.4, 0.5) is 5.69 Å². The van der Waals surface area contributed by atoms with Gasteiger partial charge in [0.25, 0.3) is 5.56 Å². The van der Waals surface area contributed by atoms with Crippen molar-refractivity contribution in [2.75, 3.05) is 31.0 Å². The second-order valence-electron chi connectivity index (χ2n) is 4.50. The first-order chi connectivity index (χ1) is 9.45. The third-order valence-electron chi connectivity index (χ3n) is 2.73. The van der Waals surface area contributed by atoms with Gasteiger partial charge in [0.2, 0.25) is 0 Å². The highest BCUT2D eigenvalue weighted by Gasteiger charge is 2.11. The predicted molar refractivity (Wildman–Crippen MR) is 82.0 cm³/mol. The molecule has 20 heavy (non-hydrogen) atoms. The summed E-state index contributed by atoms with van der Waals surface area (Å²) in [5.74, 6) is 0.601. The van der Waals surface area contributed by atoms with Crippen molar-refractivity contribution < 1.29 is 8.95 Å². The van der Waals surface area contributed by atoms with Gasteiger partial charge in [-0.25, -0.2) is 4.68 Å². The molecule has 0 saturated carbocycles. The summed E-state index contributed by atoms with van der Waals surface area (Å²) in [4.78, 5) is 12.0. The topological polar surface area (TPSA) is 73.2 Å². The smallest absolute Gasteiger partial charge is 0.287 e. The fourth-order valence-corrected chi connectivity index (χ4v) is 2.47. The summed E-state index contributed by atoms with van der Waals surface area (Å²) >= 11 is 6.05. The highest BCUT2D eigenvalue weighted by molar-refractivity contribution is 7.84. The van der Waals surface area contributed by atoms with Crippen molar-refractivity contribution in [1.29, 1.82) is 0 Å². The Morgan fingerprint density at radius 2 is 2.30 bits per heavy atom. The summed E-state index contributed by atoms with van der Waals surface area (Å²) < 4.78 is 17.2. The number of nitrogens with zero attached hydrogens (tertiary/aromatic N) is 2. The van der Waals surface area contributed by atoms with Crippen molar-refractivity contribution in [1.82, 2.24) is 9.78 Å². The Balaban J connectivity index is 2.74. The minimum absolute atomic E-state index is 0.0624. The highest BCUT2D eigenvalue weighted by atomic mass is 35.5. The van der Waals surface area contributed by atoms with Crippen molar-refractivity contribution in [2.24, 2.45) is 0 Å². The van der Waals surface area contributed by atoms with Gasteiger partial charge in [-0.3, -0.25) is 9.00 Å². The molecular formula is C12H20ClN3O3S. The van der Waals surface area contributed by atoms with E-state index in [1.54, 1.807) is 13.4 Å². The molecule has 1 aromatic heterocycles. The predicted octanol–water partition coefficient (Wildman–Crippen LogP) is 1.11. The normalized spacial score (nSPS) is 14.0. The van der Waals surface area contributed by atoms with E-state index in [1.807, 2.05) is 6.92 Å². The molecule has 0 bridgehead atoms. The van der Waals surface area contributed by atoms with Gasteiger partial charge in [0.1, 0.15) is 5.02 Å². The van der Waals surface area contributed by atoms with Crippen LogP contribution in [0.3, 0.4) is 0 Å². The lowest BCUT2D eigenvalue weighted by Gasteiger charge is -2.15. The molecule has 1 aromatic rings. The SMILES string of the molecule is COCCn1ncc(NC(C)CCS(C)=O)c(Cl)c1=O. The molecule has 0 amide bonds. The summed E-state index contributed by atoms with van der Waals surface area (Å²) in [5, 5.41) is 7.27. The minimum atomic E-state index is -0.830. The van der Waals surface area contributed by atoms with Crippen molar-refractivity contribution in [2.45, 2.75) is 25.9 Å². The van der Waals surface area contributed by atoms with Crippen LogP contribution in [0.2, 0.25) is 5.02 Å². The van der Waals surface area contributed by atoms with Crippen LogP contribution in [0.1, 0.15) is 13.3 Å². The lowest BCUT2D eigenvalue weighted by Crippen LogP contribution is -2.27. The number of aromatic nitrogens is 2. The average Bonchev–Trinajstić information content (AvgIpc) is 2.41. The van der Waals surface area contributed by atoms with Gasteiger partial charge in [-0.15, -0.1) is 0 Å². The zero-order valence-corrected chi connectivity index (χ0v) is 13.5. The molecule has 0 radical (unpaired) electrons. The molecule has 1 N–H and O–H groups in total.